The molecule has 0 rings (SSSR count). The fourth-order valence-electron chi connectivity index (χ4n) is 3.89. The minimum absolute atomic E-state index is 0.413. The van der Waals surface area contributed by atoms with Gasteiger partial charge in [0.15, 0.2) is 0 Å². The molecule has 0 aliphatic carbocycles. The monoisotopic (exact) mass is 398 g/mol. The summed E-state index contributed by atoms with van der Waals surface area (Å²) >= 11 is 0. The van der Waals surface area contributed by atoms with E-state index in [1.54, 1.807) is 0 Å². The van der Waals surface area contributed by atoms with E-state index in [1.165, 1.54) is 83.5 Å². The molecular formula is C24H50N2O2. The van der Waals surface area contributed by atoms with E-state index in [0.29, 0.717) is 12.0 Å². The van der Waals surface area contributed by atoms with E-state index in [4.69, 9.17) is 5.11 Å². The Kier molecular flexibility index (Phi) is 17.8. The van der Waals surface area contributed by atoms with Gasteiger partial charge >= 0.3 is 6.09 Å². The fourth-order valence-corrected chi connectivity index (χ4v) is 3.89. The summed E-state index contributed by atoms with van der Waals surface area (Å²) in [6, 6.07) is 0. The van der Waals surface area contributed by atoms with Crippen LogP contribution in [0.5, 0.6) is 0 Å². The fraction of sp³-hybridized carbons (Fsp3) is 0.958. The number of unbranched alkanes of at least 4 members (excludes halogenated alkanes) is 9. The molecule has 0 fully saturated rings. The summed E-state index contributed by atoms with van der Waals surface area (Å²) in [5.74, 6) is 0.830. The third kappa shape index (κ3) is 18.6. The van der Waals surface area contributed by atoms with Gasteiger partial charge in [-0.15, -0.1) is 0 Å². The summed E-state index contributed by atoms with van der Waals surface area (Å²) in [5.41, 5.74) is 0.413. The summed E-state index contributed by atoms with van der Waals surface area (Å²) in [5, 5.41) is 14.3. The van der Waals surface area contributed by atoms with E-state index in [9.17, 15) is 4.79 Å². The average Bonchev–Trinajstić information content (AvgIpc) is 2.62. The highest BCUT2D eigenvalue weighted by Gasteiger charge is 2.23. The molecule has 0 aliphatic heterocycles. The van der Waals surface area contributed by atoms with Gasteiger partial charge in [-0.05, 0) is 50.1 Å². The van der Waals surface area contributed by atoms with Gasteiger partial charge in [0, 0.05) is 6.54 Å². The van der Waals surface area contributed by atoms with Crippen LogP contribution in [0.4, 0.5) is 4.79 Å². The summed E-state index contributed by atoms with van der Waals surface area (Å²) in [6.07, 6.45) is 17.8. The molecule has 3 N–H and O–H groups in total. The van der Waals surface area contributed by atoms with E-state index in [0.717, 1.165) is 25.4 Å². The third-order valence-electron chi connectivity index (χ3n) is 5.84. The van der Waals surface area contributed by atoms with Gasteiger partial charge < -0.3 is 15.7 Å². The van der Waals surface area contributed by atoms with Crippen LogP contribution in [0.3, 0.4) is 0 Å². The molecule has 0 heterocycles. The highest BCUT2D eigenvalue weighted by atomic mass is 16.4. The van der Waals surface area contributed by atoms with Crippen molar-refractivity contribution in [3.05, 3.63) is 0 Å². The summed E-state index contributed by atoms with van der Waals surface area (Å²) < 4.78 is 0. The number of rotatable bonds is 19. The maximum absolute atomic E-state index is 10.4. The Bertz CT molecular complexity index is 353. The number of amides is 1. The van der Waals surface area contributed by atoms with Gasteiger partial charge in [0.1, 0.15) is 0 Å². The van der Waals surface area contributed by atoms with Crippen molar-refractivity contribution in [2.75, 3.05) is 19.6 Å². The number of hydrogen-bond donors (Lipinski definition) is 3. The van der Waals surface area contributed by atoms with Gasteiger partial charge in [0.05, 0.1) is 0 Å². The first-order chi connectivity index (χ1) is 13.4. The molecule has 1 atom stereocenters. The van der Waals surface area contributed by atoms with Crippen LogP contribution in [0.1, 0.15) is 118 Å². The van der Waals surface area contributed by atoms with Gasteiger partial charge in [-0.2, -0.15) is 0 Å². The number of hydrogen-bond acceptors (Lipinski definition) is 2. The first kappa shape index (κ1) is 27.2. The van der Waals surface area contributed by atoms with E-state index in [1.807, 2.05) is 0 Å². The molecule has 0 bridgehead atoms. The number of nitrogens with one attached hydrogen (secondary N) is 2. The number of carbonyl (C=O) groups is 1. The molecule has 0 aliphatic rings. The van der Waals surface area contributed by atoms with Crippen molar-refractivity contribution in [1.29, 1.82) is 0 Å². The molecule has 0 aromatic heterocycles. The van der Waals surface area contributed by atoms with Crippen molar-refractivity contribution in [3.63, 3.8) is 0 Å². The Hall–Kier alpha value is -0.770. The first-order valence-electron chi connectivity index (χ1n) is 12.1. The van der Waals surface area contributed by atoms with Crippen LogP contribution in [0.15, 0.2) is 0 Å². The third-order valence-corrected chi connectivity index (χ3v) is 5.84. The van der Waals surface area contributed by atoms with E-state index < -0.39 is 6.09 Å². The zero-order valence-corrected chi connectivity index (χ0v) is 19.5. The second kappa shape index (κ2) is 18.3. The zero-order chi connectivity index (χ0) is 21.1. The largest absolute Gasteiger partial charge is 0.465 e. The van der Waals surface area contributed by atoms with Gasteiger partial charge in [0.25, 0.3) is 0 Å². The molecule has 1 unspecified atom stereocenters. The molecule has 28 heavy (non-hydrogen) atoms. The number of carboxylic acid groups (broad SMARTS) is 1. The molecule has 0 aromatic carbocycles. The molecule has 168 valence electrons. The molecule has 4 nitrogen and oxygen atoms in total. The normalized spacial score (nSPS) is 12.9. The Morgan fingerprint density at radius 2 is 1.25 bits per heavy atom. The molecule has 0 radical (unpaired) electrons. The van der Waals surface area contributed by atoms with E-state index >= 15 is 0 Å². The van der Waals surface area contributed by atoms with Crippen molar-refractivity contribution < 1.29 is 9.90 Å². The molecule has 0 aromatic rings. The van der Waals surface area contributed by atoms with Gasteiger partial charge in [-0.3, -0.25) is 0 Å². The van der Waals surface area contributed by atoms with Crippen LogP contribution in [0, 0.1) is 11.3 Å². The highest BCUT2D eigenvalue weighted by molar-refractivity contribution is 5.64. The Balaban J connectivity index is 3.66. The predicted molar refractivity (Wildman–Crippen MR) is 122 cm³/mol. The van der Waals surface area contributed by atoms with Crippen LogP contribution < -0.4 is 10.6 Å². The highest BCUT2D eigenvalue weighted by Crippen LogP contribution is 2.34. The van der Waals surface area contributed by atoms with Crippen molar-refractivity contribution in [3.8, 4) is 0 Å². The minimum atomic E-state index is -0.930. The molecule has 0 spiro atoms. The maximum Gasteiger partial charge on any atom is 0.404 e. The quantitative estimate of drug-likeness (QED) is 0.205. The Labute approximate surface area is 175 Å². The van der Waals surface area contributed by atoms with Gasteiger partial charge in [0.2, 0.25) is 0 Å². The lowest BCUT2D eigenvalue weighted by Crippen LogP contribution is -2.26. The Morgan fingerprint density at radius 1 is 0.750 bits per heavy atom. The van der Waals surface area contributed by atoms with Crippen LogP contribution >= 0.6 is 0 Å². The van der Waals surface area contributed by atoms with Gasteiger partial charge in [-0.1, -0.05) is 91.9 Å². The van der Waals surface area contributed by atoms with Gasteiger partial charge in [-0.25, -0.2) is 4.79 Å². The van der Waals surface area contributed by atoms with Crippen molar-refractivity contribution in [2.45, 2.75) is 118 Å². The molecule has 0 saturated heterocycles. The topological polar surface area (TPSA) is 61.4 Å². The van der Waals surface area contributed by atoms with Crippen molar-refractivity contribution in [1.82, 2.24) is 10.6 Å². The first-order valence-corrected chi connectivity index (χ1v) is 12.1. The zero-order valence-electron chi connectivity index (χ0n) is 19.5. The van der Waals surface area contributed by atoms with Crippen LogP contribution in [-0.2, 0) is 0 Å². The molecular weight excluding hydrogens is 348 g/mol. The van der Waals surface area contributed by atoms with Crippen LogP contribution in [-0.4, -0.2) is 30.8 Å². The van der Waals surface area contributed by atoms with Crippen molar-refractivity contribution >= 4 is 6.09 Å². The molecule has 1 amide bonds. The molecule has 0 saturated carbocycles. The Morgan fingerprint density at radius 3 is 1.79 bits per heavy atom. The van der Waals surface area contributed by atoms with E-state index in [-0.39, 0.29) is 0 Å². The van der Waals surface area contributed by atoms with Crippen molar-refractivity contribution in [2.24, 2.45) is 11.3 Å². The average molecular weight is 399 g/mol. The van der Waals surface area contributed by atoms with Crippen LogP contribution in [0.2, 0.25) is 0 Å². The second-order valence-corrected chi connectivity index (χ2v) is 9.51. The summed E-state index contributed by atoms with van der Waals surface area (Å²) in [6.45, 7) is 12.0. The summed E-state index contributed by atoms with van der Waals surface area (Å²) in [4.78, 5) is 10.4. The maximum atomic E-state index is 10.4. The minimum Gasteiger partial charge on any atom is -0.465 e. The lowest BCUT2D eigenvalue weighted by atomic mass is 9.75. The molecule has 4 heteroatoms. The van der Waals surface area contributed by atoms with E-state index in [2.05, 4.69) is 38.3 Å². The summed E-state index contributed by atoms with van der Waals surface area (Å²) in [7, 11) is 0. The smallest absolute Gasteiger partial charge is 0.404 e. The SMILES string of the molecule is CCCCCCCCCCCC(CCCCNCCCNC(=O)O)C(C)(C)C. The lowest BCUT2D eigenvalue weighted by Gasteiger charge is -2.31. The standard InChI is InChI=1S/C24H50N2O2/c1-5-6-7-8-9-10-11-12-13-17-22(24(2,3)4)18-14-15-19-25-20-16-21-26-23(27)28/h22,25-26H,5-21H2,1-4H3,(H,27,28). The predicted octanol–water partition coefficient (Wildman–Crippen LogP) is 6.99. The lowest BCUT2D eigenvalue weighted by molar-refractivity contribution is 0.194. The van der Waals surface area contributed by atoms with Crippen LogP contribution in [0.25, 0.3) is 0 Å². The second-order valence-electron chi connectivity index (χ2n) is 9.51.